The number of hydrogen-bond acceptors (Lipinski definition) is 9. The maximum absolute atomic E-state index is 13.6. The third-order valence-corrected chi connectivity index (χ3v) is 7.28. The maximum atomic E-state index is 13.6. The third kappa shape index (κ3) is 4.09. The number of hydrogen-bond donors (Lipinski definition) is 1. The summed E-state index contributed by atoms with van der Waals surface area (Å²) in [6, 6.07) is 8.82. The zero-order chi connectivity index (χ0) is 24.6. The van der Waals surface area contributed by atoms with Crippen LogP contribution in [0.5, 0.6) is 17.2 Å². The molecule has 0 unspecified atom stereocenters. The van der Waals surface area contributed by atoms with E-state index in [1.165, 1.54) is 21.3 Å². The molecule has 0 spiro atoms. The average molecular weight is 500 g/mol. The van der Waals surface area contributed by atoms with Gasteiger partial charge in [0.15, 0.2) is 22.0 Å². The lowest BCUT2D eigenvalue weighted by atomic mass is 10.1. The van der Waals surface area contributed by atoms with Crippen LogP contribution in [-0.2, 0) is 16.6 Å². The lowest BCUT2D eigenvalue weighted by Gasteiger charge is -2.34. The molecule has 2 aromatic carbocycles. The van der Waals surface area contributed by atoms with E-state index in [1.807, 2.05) is 17.2 Å². The van der Waals surface area contributed by atoms with Crippen LogP contribution in [0.1, 0.15) is 12.0 Å². The van der Waals surface area contributed by atoms with Crippen molar-refractivity contribution in [2.75, 3.05) is 44.0 Å². The molecule has 2 aromatic heterocycles. The molecule has 0 amide bonds. The Kier molecular flexibility index (Phi) is 5.89. The van der Waals surface area contributed by atoms with Crippen LogP contribution in [0.15, 0.2) is 52.1 Å². The molecule has 1 saturated heterocycles. The molecule has 1 aliphatic heterocycles. The Morgan fingerprint density at radius 3 is 2.51 bits per heavy atom. The van der Waals surface area contributed by atoms with E-state index in [2.05, 4.69) is 15.0 Å². The number of aromatic nitrogens is 3. The van der Waals surface area contributed by atoms with Crippen LogP contribution >= 0.6 is 0 Å². The molecule has 1 N–H and O–H groups in total. The molecule has 11 nitrogen and oxygen atoms in total. The highest BCUT2D eigenvalue weighted by atomic mass is 32.2. The zero-order valence-corrected chi connectivity index (χ0v) is 20.3. The summed E-state index contributed by atoms with van der Waals surface area (Å²) in [6.07, 6.45) is 4.56. The number of methoxy groups -OCH3 is 3. The van der Waals surface area contributed by atoms with E-state index in [-0.39, 0.29) is 22.2 Å². The van der Waals surface area contributed by atoms with E-state index >= 15 is 0 Å². The average Bonchev–Trinajstić information content (AvgIpc) is 3.47. The van der Waals surface area contributed by atoms with E-state index in [4.69, 9.17) is 18.7 Å². The Hall–Kier alpha value is -3.93. The number of rotatable bonds is 9. The molecule has 3 heterocycles. The van der Waals surface area contributed by atoms with Crippen molar-refractivity contribution in [3.8, 4) is 17.2 Å². The molecule has 12 heteroatoms. The summed E-state index contributed by atoms with van der Waals surface area (Å²) in [5.74, 6) is 0.774. The third-order valence-electron chi connectivity index (χ3n) is 5.90. The highest BCUT2D eigenvalue weighted by Crippen LogP contribution is 2.44. The van der Waals surface area contributed by atoms with Gasteiger partial charge in [-0.25, -0.2) is 8.42 Å². The minimum Gasteiger partial charge on any atom is -0.496 e. The van der Waals surface area contributed by atoms with Gasteiger partial charge in [0.2, 0.25) is 0 Å². The van der Waals surface area contributed by atoms with Crippen molar-refractivity contribution in [3.63, 3.8) is 0 Å². The molecule has 1 fully saturated rings. The van der Waals surface area contributed by atoms with E-state index in [1.54, 1.807) is 35.1 Å². The van der Waals surface area contributed by atoms with Crippen molar-refractivity contribution < 1.29 is 27.2 Å². The highest BCUT2D eigenvalue weighted by Gasteiger charge is 2.32. The monoisotopic (exact) mass is 499 g/mol. The first-order valence-corrected chi connectivity index (χ1v) is 12.4. The summed E-state index contributed by atoms with van der Waals surface area (Å²) in [7, 11) is 0.152. The minimum atomic E-state index is -4.20. The fourth-order valence-electron chi connectivity index (χ4n) is 4.12. The smallest absolute Gasteiger partial charge is 0.270 e. The summed E-state index contributed by atoms with van der Waals surface area (Å²) < 4.78 is 53.5. The van der Waals surface area contributed by atoms with Crippen molar-refractivity contribution in [2.24, 2.45) is 0 Å². The van der Waals surface area contributed by atoms with Crippen LogP contribution in [0.2, 0.25) is 0 Å². The van der Waals surface area contributed by atoms with E-state index in [0.717, 1.165) is 25.1 Å². The van der Waals surface area contributed by atoms with Crippen molar-refractivity contribution in [3.05, 3.63) is 48.3 Å². The quantitative estimate of drug-likeness (QED) is 0.370. The van der Waals surface area contributed by atoms with Crippen LogP contribution in [-0.4, -0.2) is 57.8 Å². The fourth-order valence-corrected chi connectivity index (χ4v) is 5.47. The molecule has 1 aliphatic rings. The number of nitrogens with zero attached hydrogens (tertiary/aromatic N) is 4. The van der Waals surface area contributed by atoms with Gasteiger partial charge in [-0.2, -0.15) is 5.10 Å². The largest absolute Gasteiger partial charge is 0.496 e. The Bertz CT molecular complexity index is 1460. The fraction of sp³-hybridized carbons (Fsp3) is 0.304. The second-order valence-electron chi connectivity index (χ2n) is 8.00. The van der Waals surface area contributed by atoms with Crippen LogP contribution in [0, 0.1) is 0 Å². The van der Waals surface area contributed by atoms with Crippen molar-refractivity contribution in [2.45, 2.75) is 17.9 Å². The first-order valence-electron chi connectivity index (χ1n) is 10.9. The van der Waals surface area contributed by atoms with Gasteiger partial charge >= 0.3 is 0 Å². The first-order chi connectivity index (χ1) is 16.9. The number of sulfonamides is 1. The van der Waals surface area contributed by atoms with Crippen molar-refractivity contribution in [1.29, 1.82) is 0 Å². The Morgan fingerprint density at radius 1 is 1.09 bits per heavy atom. The number of ether oxygens (including phenoxy) is 3. The number of nitrogens with one attached hydrogen (secondary N) is 1. The Balaban J connectivity index is 1.56. The number of fused-ring (bicyclic) bond motifs is 1. The van der Waals surface area contributed by atoms with Crippen LogP contribution < -0.4 is 23.8 Å². The predicted molar refractivity (Wildman–Crippen MR) is 129 cm³/mol. The lowest BCUT2D eigenvalue weighted by molar-refractivity contribution is 0.372. The molecule has 35 heavy (non-hydrogen) atoms. The molecular formula is C23H25N5O6S. The molecule has 0 bridgehead atoms. The van der Waals surface area contributed by atoms with Gasteiger partial charge in [-0.05, 0) is 42.3 Å². The summed E-state index contributed by atoms with van der Waals surface area (Å²) in [5, 5.41) is 8.60. The van der Waals surface area contributed by atoms with Crippen molar-refractivity contribution >= 4 is 32.5 Å². The normalized spacial score (nSPS) is 13.5. The molecule has 4 aromatic rings. The SMILES string of the molecule is COc1ccc(N2CCC2)c(OC)c1S(=O)(=O)Nc1noc2cc(Cn3cccn3)cc(OC)c12. The van der Waals surface area contributed by atoms with Gasteiger partial charge in [0, 0.05) is 25.5 Å². The van der Waals surface area contributed by atoms with Gasteiger partial charge in [0.1, 0.15) is 16.9 Å². The Labute approximate surface area is 202 Å². The van der Waals surface area contributed by atoms with E-state index < -0.39 is 10.0 Å². The predicted octanol–water partition coefficient (Wildman–Crippen LogP) is 3.11. The van der Waals surface area contributed by atoms with Crippen LogP contribution in [0.4, 0.5) is 11.5 Å². The van der Waals surface area contributed by atoms with Gasteiger partial charge in [0.05, 0.1) is 33.6 Å². The van der Waals surface area contributed by atoms with Gasteiger partial charge in [-0.15, -0.1) is 0 Å². The molecule has 0 saturated carbocycles. The lowest BCUT2D eigenvalue weighted by Crippen LogP contribution is -2.37. The Morgan fingerprint density at radius 2 is 1.89 bits per heavy atom. The molecule has 0 aliphatic carbocycles. The standard InChI is InChI=1S/C23H25N5O6S/c1-31-17-7-6-16(27-9-5-10-27)21(33-3)22(17)35(29,30)26-23-20-18(32-2)12-15(13-19(20)34-25-23)14-28-11-4-8-24-28/h4,6-8,11-13H,5,9-10,14H2,1-3H3,(H,25,26). The molecular weight excluding hydrogens is 474 g/mol. The molecule has 184 valence electrons. The molecule has 0 atom stereocenters. The molecule has 0 radical (unpaired) electrons. The maximum Gasteiger partial charge on any atom is 0.270 e. The van der Waals surface area contributed by atoms with Crippen molar-refractivity contribution in [1.82, 2.24) is 14.9 Å². The van der Waals surface area contributed by atoms with Crippen LogP contribution in [0.25, 0.3) is 11.0 Å². The molecule has 5 rings (SSSR count). The van der Waals surface area contributed by atoms with E-state index in [9.17, 15) is 8.42 Å². The van der Waals surface area contributed by atoms with E-state index in [0.29, 0.717) is 29.0 Å². The minimum absolute atomic E-state index is 0.000878. The zero-order valence-electron chi connectivity index (χ0n) is 19.5. The summed E-state index contributed by atoms with van der Waals surface area (Å²) in [5.41, 5.74) is 1.91. The van der Waals surface area contributed by atoms with Gasteiger partial charge < -0.3 is 23.6 Å². The van der Waals surface area contributed by atoms with Gasteiger partial charge in [-0.3, -0.25) is 9.40 Å². The summed E-state index contributed by atoms with van der Waals surface area (Å²) >= 11 is 0. The topological polar surface area (TPSA) is 121 Å². The van der Waals surface area contributed by atoms with Crippen LogP contribution in [0.3, 0.4) is 0 Å². The number of anilines is 2. The van der Waals surface area contributed by atoms with Gasteiger partial charge in [0.25, 0.3) is 10.0 Å². The van der Waals surface area contributed by atoms with Gasteiger partial charge in [-0.1, -0.05) is 5.16 Å². The second kappa shape index (κ2) is 9.02. The number of benzene rings is 2. The summed E-state index contributed by atoms with van der Waals surface area (Å²) in [4.78, 5) is 1.93. The summed E-state index contributed by atoms with van der Waals surface area (Å²) in [6.45, 7) is 2.13. The highest BCUT2D eigenvalue weighted by molar-refractivity contribution is 7.93. The first kappa shape index (κ1) is 22.8. The second-order valence-corrected chi connectivity index (χ2v) is 9.62.